The van der Waals surface area contributed by atoms with E-state index in [0.29, 0.717) is 0 Å². The molecule has 0 saturated carbocycles. The summed E-state index contributed by atoms with van der Waals surface area (Å²) in [5.41, 5.74) is 14.7. The van der Waals surface area contributed by atoms with Crippen molar-refractivity contribution in [1.82, 2.24) is 9.97 Å². The summed E-state index contributed by atoms with van der Waals surface area (Å²) in [4.78, 5) is 9.10. The molecule has 0 N–H and O–H groups in total. The fourth-order valence-electron chi connectivity index (χ4n) is 5.30. The van der Waals surface area contributed by atoms with Crippen LogP contribution in [0, 0.1) is 26.0 Å². The molecule has 2 aromatic heterocycles. The van der Waals surface area contributed by atoms with Crippen LogP contribution in [0.3, 0.4) is 0 Å². The largest absolute Gasteiger partial charge is 0.304 e. The third-order valence-electron chi connectivity index (χ3n) is 8.00. The van der Waals surface area contributed by atoms with Gasteiger partial charge in [-0.25, -0.2) is 0 Å². The first-order chi connectivity index (χ1) is 20.6. The van der Waals surface area contributed by atoms with Crippen molar-refractivity contribution in [3.8, 4) is 33.6 Å². The third-order valence-corrected chi connectivity index (χ3v) is 8.00. The van der Waals surface area contributed by atoms with Crippen LogP contribution in [-0.2, 0) is 45.8 Å². The molecular weight excluding hydrogens is 701 g/mol. The van der Waals surface area contributed by atoms with Crippen molar-refractivity contribution in [3.63, 3.8) is 0 Å². The van der Waals surface area contributed by atoms with Crippen LogP contribution < -0.4 is 0 Å². The molecule has 0 unspecified atom stereocenters. The Bertz CT molecular complexity index is 1760. The summed E-state index contributed by atoms with van der Waals surface area (Å²) in [6.07, 6.45) is 8.18. The first-order valence-electron chi connectivity index (χ1n) is 14.7. The van der Waals surface area contributed by atoms with E-state index < -0.39 is 0 Å². The smallest absolute Gasteiger partial charge is 0.0239 e. The van der Waals surface area contributed by atoms with Gasteiger partial charge in [0.1, 0.15) is 0 Å². The van der Waals surface area contributed by atoms with Crippen molar-refractivity contribution >= 4 is 0 Å². The molecule has 0 fully saturated rings. The van der Waals surface area contributed by atoms with Gasteiger partial charge in [0.05, 0.1) is 0 Å². The third kappa shape index (κ3) is 7.62. The summed E-state index contributed by atoms with van der Waals surface area (Å²) in [6.45, 7) is 4.17. The molecule has 0 amide bonds. The minimum atomic E-state index is 0. The van der Waals surface area contributed by atoms with Gasteiger partial charge >= 0.3 is 0 Å². The van der Waals surface area contributed by atoms with E-state index >= 15 is 0 Å². The molecule has 2 heterocycles. The summed E-state index contributed by atoms with van der Waals surface area (Å²) in [7, 11) is 0. The Hall–Kier alpha value is -4.17. The molecule has 1 radical (unpaired) electrons. The van der Waals surface area contributed by atoms with E-state index in [9.17, 15) is 0 Å². The Kier molecular flexibility index (Phi) is 10.1. The number of hydrogen-bond acceptors (Lipinski definition) is 2. The molecule has 43 heavy (non-hydrogen) atoms. The monoisotopic (exact) mass is 735 g/mol. The summed E-state index contributed by atoms with van der Waals surface area (Å²) in [5.74, 6) is 0. The molecule has 4 aliphatic carbocycles. The van der Waals surface area contributed by atoms with E-state index in [2.05, 4.69) is 97.7 Å². The molecule has 215 valence electrons. The Labute approximate surface area is 269 Å². The van der Waals surface area contributed by atoms with Gasteiger partial charge in [-0.2, -0.15) is 0 Å². The zero-order valence-corrected chi connectivity index (χ0v) is 27.0. The average Bonchev–Trinajstić information content (AvgIpc) is 3.05. The van der Waals surface area contributed by atoms with Gasteiger partial charge < -0.3 is 9.97 Å². The number of aromatic nitrogens is 2. The number of hydrogen-bond donors (Lipinski definition) is 0. The van der Waals surface area contributed by atoms with Crippen molar-refractivity contribution in [3.05, 3.63) is 167 Å². The summed E-state index contributed by atoms with van der Waals surface area (Å²) >= 11 is 0. The summed E-state index contributed by atoms with van der Waals surface area (Å²) < 4.78 is 0. The first kappa shape index (κ1) is 30.3. The quantitative estimate of drug-likeness (QED) is 0.170. The minimum Gasteiger partial charge on any atom is -0.304 e. The van der Waals surface area contributed by atoms with Gasteiger partial charge in [0, 0.05) is 32.5 Å². The molecule has 0 spiro atoms. The van der Waals surface area contributed by atoms with Crippen LogP contribution in [0.4, 0.5) is 0 Å². The Balaban J connectivity index is 0.000000208. The van der Waals surface area contributed by atoms with E-state index in [1.807, 2.05) is 54.9 Å². The summed E-state index contributed by atoms with van der Waals surface area (Å²) in [6, 6.07) is 44.9. The van der Waals surface area contributed by atoms with Gasteiger partial charge in [-0.3, -0.25) is 0 Å². The van der Waals surface area contributed by atoms with Crippen molar-refractivity contribution in [1.29, 1.82) is 0 Å². The Morgan fingerprint density at radius 3 is 1.74 bits per heavy atom. The predicted octanol–water partition coefficient (Wildman–Crippen LogP) is 9.26. The van der Waals surface area contributed by atoms with E-state index in [4.69, 9.17) is 4.98 Å². The Morgan fingerprint density at radius 2 is 1.14 bits per heavy atom. The van der Waals surface area contributed by atoms with Crippen molar-refractivity contribution < 1.29 is 20.1 Å². The van der Waals surface area contributed by atoms with E-state index in [1.54, 1.807) is 0 Å². The SMILES string of the molecule is Cc1cnc(-c2[c-]cccc2)cc1C.[Ir].[c-]1ccccc1-c1ccc(-c2cc3ccc2CCc2ccc(cc2)CC3)cn1. The van der Waals surface area contributed by atoms with Crippen LogP contribution in [0.5, 0.6) is 0 Å². The minimum absolute atomic E-state index is 0. The van der Waals surface area contributed by atoms with Crippen molar-refractivity contribution in [2.45, 2.75) is 39.5 Å². The predicted molar refractivity (Wildman–Crippen MR) is 173 cm³/mol. The number of nitrogens with zero attached hydrogens (tertiary/aromatic N) is 2. The average molecular weight is 735 g/mol. The van der Waals surface area contributed by atoms with E-state index in [-0.39, 0.29) is 20.1 Å². The maximum Gasteiger partial charge on any atom is 0.0239 e. The molecule has 4 aliphatic rings. The van der Waals surface area contributed by atoms with Crippen LogP contribution in [0.15, 0.2) is 122 Å². The number of benzene rings is 4. The zero-order chi connectivity index (χ0) is 28.7. The van der Waals surface area contributed by atoms with Gasteiger partial charge in [0.2, 0.25) is 0 Å². The maximum atomic E-state index is 4.72. The molecule has 10 rings (SSSR count). The Morgan fingerprint density at radius 1 is 0.535 bits per heavy atom. The van der Waals surface area contributed by atoms with Gasteiger partial charge in [-0.05, 0) is 89.9 Å². The normalized spacial score (nSPS) is 11.9. The molecule has 0 aliphatic heterocycles. The van der Waals surface area contributed by atoms with Crippen LogP contribution in [0.2, 0.25) is 0 Å². The van der Waals surface area contributed by atoms with Gasteiger partial charge in [-0.15, -0.1) is 71.8 Å². The second-order valence-electron chi connectivity index (χ2n) is 10.9. The van der Waals surface area contributed by atoms with Crippen LogP contribution in [-0.4, -0.2) is 9.97 Å². The second-order valence-corrected chi connectivity index (χ2v) is 10.9. The molecule has 4 bridgehead atoms. The second kappa shape index (κ2) is 14.3. The van der Waals surface area contributed by atoms with E-state index in [1.165, 1.54) is 44.5 Å². The molecule has 4 aromatic carbocycles. The molecule has 0 atom stereocenters. The standard InChI is InChI=1S/C27H22N.C13H12N.Ir/c1-2-4-24(5-3-1)27-17-16-25(19-28-27)26-18-22-11-10-20-6-8-21(9-7-20)12-14-23(26)15-13-22;1-10-8-13(14-9-11(10)2)12-6-4-3-5-7-12;/h1-4,6-9,13,15-19H,10-12,14H2;3-6,8-9H,1-2H3;/q2*-1;. The van der Waals surface area contributed by atoms with Crippen LogP contribution >= 0.6 is 0 Å². The number of pyridine rings is 2. The zero-order valence-electron chi connectivity index (χ0n) is 24.6. The molecule has 3 heteroatoms. The fourth-order valence-corrected chi connectivity index (χ4v) is 5.30. The van der Waals surface area contributed by atoms with E-state index in [0.717, 1.165) is 48.2 Å². The van der Waals surface area contributed by atoms with Crippen LogP contribution in [0.1, 0.15) is 33.4 Å². The molecule has 0 saturated heterocycles. The number of rotatable bonds is 3. The van der Waals surface area contributed by atoms with Gasteiger partial charge in [0.15, 0.2) is 0 Å². The van der Waals surface area contributed by atoms with Crippen LogP contribution in [0.25, 0.3) is 33.6 Å². The molecule has 2 nitrogen and oxygen atoms in total. The van der Waals surface area contributed by atoms with Gasteiger partial charge in [-0.1, -0.05) is 66.2 Å². The van der Waals surface area contributed by atoms with Crippen molar-refractivity contribution in [2.75, 3.05) is 0 Å². The number of aryl methyl sites for hydroxylation is 6. The molecular formula is C40H34IrN2-2. The molecule has 6 aromatic rings. The fraction of sp³-hybridized carbons (Fsp3) is 0.150. The van der Waals surface area contributed by atoms with Crippen molar-refractivity contribution in [2.24, 2.45) is 0 Å². The topological polar surface area (TPSA) is 25.8 Å². The maximum absolute atomic E-state index is 4.72. The first-order valence-corrected chi connectivity index (χ1v) is 14.7. The van der Waals surface area contributed by atoms with Gasteiger partial charge in [0.25, 0.3) is 0 Å². The summed E-state index contributed by atoms with van der Waals surface area (Å²) in [5, 5.41) is 0.